The summed E-state index contributed by atoms with van der Waals surface area (Å²) in [5.74, 6) is 1.08. The van der Waals surface area contributed by atoms with Crippen LogP contribution in [-0.4, -0.2) is 28.6 Å². The van der Waals surface area contributed by atoms with Crippen molar-refractivity contribution in [3.8, 4) is 16.9 Å². The lowest BCUT2D eigenvalue weighted by molar-refractivity contribution is 0.112. The average molecular weight is 405 g/mol. The predicted molar refractivity (Wildman–Crippen MR) is 114 cm³/mol. The molecule has 4 aromatic rings. The summed E-state index contributed by atoms with van der Waals surface area (Å²) in [6.07, 6.45) is 0.792. The van der Waals surface area contributed by atoms with E-state index in [-0.39, 0.29) is 0 Å². The third kappa shape index (κ3) is 3.88. The van der Waals surface area contributed by atoms with Gasteiger partial charge in [0.2, 0.25) is 5.95 Å². The molecule has 3 aromatic carbocycles. The maximum absolute atomic E-state index is 11.0. The van der Waals surface area contributed by atoms with Crippen molar-refractivity contribution in [1.82, 2.24) is 15.2 Å². The van der Waals surface area contributed by atoms with Gasteiger partial charge in [0, 0.05) is 21.8 Å². The van der Waals surface area contributed by atoms with Crippen molar-refractivity contribution >= 4 is 40.6 Å². The van der Waals surface area contributed by atoms with Gasteiger partial charge in [0.05, 0.1) is 12.6 Å². The molecule has 0 aliphatic heterocycles. The molecule has 29 heavy (non-hydrogen) atoms. The Morgan fingerprint density at radius 1 is 1.07 bits per heavy atom. The van der Waals surface area contributed by atoms with Crippen LogP contribution in [-0.2, 0) is 0 Å². The van der Waals surface area contributed by atoms with Gasteiger partial charge >= 0.3 is 0 Å². The Labute approximate surface area is 172 Å². The van der Waals surface area contributed by atoms with Crippen LogP contribution in [0.15, 0.2) is 54.6 Å². The highest BCUT2D eigenvalue weighted by Gasteiger charge is 2.11. The monoisotopic (exact) mass is 404 g/mol. The van der Waals surface area contributed by atoms with Gasteiger partial charge in [0.25, 0.3) is 0 Å². The highest BCUT2D eigenvalue weighted by Crippen LogP contribution is 2.34. The molecule has 0 saturated heterocycles. The van der Waals surface area contributed by atoms with Crippen LogP contribution in [0.2, 0.25) is 5.02 Å². The minimum Gasteiger partial charge on any atom is -0.497 e. The Bertz CT molecular complexity index is 1230. The number of methoxy groups -OCH3 is 1. The first-order valence-corrected chi connectivity index (χ1v) is 9.26. The SMILES string of the molecule is COc1ccc(Cl)c(-c2cc(C)c3nc(Nc4cccc(C=O)c4)nnc3c2)c1. The molecule has 0 amide bonds. The summed E-state index contributed by atoms with van der Waals surface area (Å²) >= 11 is 6.39. The van der Waals surface area contributed by atoms with Crippen LogP contribution in [0.25, 0.3) is 22.2 Å². The molecule has 0 atom stereocenters. The molecule has 0 aliphatic rings. The summed E-state index contributed by atoms with van der Waals surface area (Å²) in [5, 5.41) is 12.2. The first-order valence-electron chi connectivity index (χ1n) is 8.88. The number of nitrogens with zero attached hydrogens (tertiary/aromatic N) is 3. The van der Waals surface area contributed by atoms with E-state index in [0.717, 1.165) is 34.2 Å². The van der Waals surface area contributed by atoms with Crippen LogP contribution in [0.4, 0.5) is 11.6 Å². The van der Waals surface area contributed by atoms with E-state index in [2.05, 4.69) is 20.5 Å². The summed E-state index contributed by atoms with van der Waals surface area (Å²) < 4.78 is 5.31. The van der Waals surface area contributed by atoms with Crippen molar-refractivity contribution in [1.29, 1.82) is 0 Å². The van der Waals surface area contributed by atoms with Crippen molar-refractivity contribution in [2.45, 2.75) is 6.92 Å². The highest BCUT2D eigenvalue weighted by molar-refractivity contribution is 6.33. The van der Waals surface area contributed by atoms with E-state index in [1.54, 1.807) is 31.4 Å². The molecule has 7 heteroatoms. The lowest BCUT2D eigenvalue weighted by atomic mass is 10.0. The minimum absolute atomic E-state index is 0.357. The summed E-state index contributed by atoms with van der Waals surface area (Å²) in [7, 11) is 1.62. The number of aryl methyl sites for hydroxylation is 1. The molecule has 0 radical (unpaired) electrons. The Morgan fingerprint density at radius 3 is 2.72 bits per heavy atom. The van der Waals surface area contributed by atoms with Crippen LogP contribution < -0.4 is 10.1 Å². The Morgan fingerprint density at radius 2 is 1.93 bits per heavy atom. The van der Waals surface area contributed by atoms with Crippen LogP contribution >= 0.6 is 11.6 Å². The van der Waals surface area contributed by atoms with E-state index in [0.29, 0.717) is 27.7 Å². The van der Waals surface area contributed by atoms with Crippen LogP contribution in [0, 0.1) is 6.92 Å². The quantitative estimate of drug-likeness (QED) is 0.459. The van der Waals surface area contributed by atoms with Crippen LogP contribution in [0.5, 0.6) is 5.75 Å². The molecule has 1 heterocycles. The van der Waals surface area contributed by atoms with Gasteiger partial charge in [-0.25, -0.2) is 4.98 Å². The normalized spacial score (nSPS) is 10.7. The van der Waals surface area contributed by atoms with E-state index >= 15 is 0 Å². The number of anilines is 2. The number of carbonyl (C=O) groups is 1. The first-order chi connectivity index (χ1) is 14.1. The smallest absolute Gasteiger partial charge is 0.247 e. The van der Waals surface area contributed by atoms with E-state index in [1.165, 1.54) is 0 Å². The van der Waals surface area contributed by atoms with Crippen LogP contribution in [0.3, 0.4) is 0 Å². The Balaban J connectivity index is 1.73. The van der Waals surface area contributed by atoms with Gasteiger partial charge in [-0.1, -0.05) is 23.7 Å². The third-order valence-corrected chi connectivity index (χ3v) is 4.84. The molecule has 144 valence electrons. The summed E-state index contributed by atoms with van der Waals surface area (Å²) in [4.78, 5) is 15.5. The van der Waals surface area contributed by atoms with Crippen molar-refractivity contribution in [2.24, 2.45) is 0 Å². The predicted octanol–water partition coefficient (Wildman–Crippen LogP) is 5.22. The number of carbonyl (C=O) groups excluding carboxylic acids is 1. The second-order valence-electron chi connectivity index (χ2n) is 6.51. The molecule has 4 rings (SSSR count). The number of aldehydes is 1. The van der Waals surface area contributed by atoms with Crippen molar-refractivity contribution in [2.75, 3.05) is 12.4 Å². The van der Waals surface area contributed by atoms with Crippen molar-refractivity contribution in [3.05, 3.63) is 70.7 Å². The fourth-order valence-electron chi connectivity index (χ4n) is 3.09. The molecule has 0 spiro atoms. The number of fused-ring (bicyclic) bond motifs is 1. The van der Waals surface area contributed by atoms with Gasteiger partial charge in [-0.3, -0.25) is 4.79 Å². The fourth-order valence-corrected chi connectivity index (χ4v) is 3.32. The maximum atomic E-state index is 11.0. The number of hydrogen-bond donors (Lipinski definition) is 1. The Hall–Kier alpha value is -3.51. The first kappa shape index (κ1) is 18.8. The Kier molecular flexibility index (Phi) is 5.10. The van der Waals surface area contributed by atoms with Gasteiger partial charge in [0.1, 0.15) is 17.6 Å². The molecular weight excluding hydrogens is 388 g/mol. The summed E-state index contributed by atoms with van der Waals surface area (Å²) in [6, 6.07) is 16.5. The van der Waals surface area contributed by atoms with Gasteiger partial charge in [-0.05, 0) is 60.5 Å². The van der Waals surface area contributed by atoms with E-state index in [9.17, 15) is 4.79 Å². The molecule has 0 bridgehead atoms. The van der Waals surface area contributed by atoms with Crippen molar-refractivity contribution < 1.29 is 9.53 Å². The van der Waals surface area contributed by atoms with E-state index in [4.69, 9.17) is 16.3 Å². The molecule has 6 nitrogen and oxygen atoms in total. The topological polar surface area (TPSA) is 77.0 Å². The maximum Gasteiger partial charge on any atom is 0.247 e. The molecule has 0 fully saturated rings. The van der Waals surface area contributed by atoms with E-state index in [1.807, 2.05) is 37.3 Å². The lowest BCUT2D eigenvalue weighted by Crippen LogP contribution is -2.01. The molecule has 0 unspecified atom stereocenters. The van der Waals surface area contributed by atoms with Crippen molar-refractivity contribution in [3.63, 3.8) is 0 Å². The summed E-state index contributed by atoms with van der Waals surface area (Å²) in [6.45, 7) is 1.96. The van der Waals surface area contributed by atoms with Crippen LogP contribution in [0.1, 0.15) is 15.9 Å². The van der Waals surface area contributed by atoms with Gasteiger partial charge in [0.15, 0.2) is 0 Å². The molecule has 0 aliphatic carbocycles. The van der Waals surface area contributed by atoms with Gasteiger partial charge in [-0.2, -0.15) is 0 Å². The molecule has 1 N–H and O–H groups in total. The second kappa shape index (κ2) is 7.85. The zero-order valence-corrected chi connectivity index (χ0v) is 16.6. The van der Waals surface area contributed by atoms with Gasteiger partial charge < -0.3 is 10.1 Å². The fraction of sp³-hybridized carbons (Fsp3) is 0.0909. The zero-order chi connectivity index (χ0) is 20.4. The zero-order valence-electron chi connectivity index (χ0n) is 15.8. The largest absolute Gasteiger partial charge is 0.497 e. The number of nitrogens with one attached hydrogen (secondary N) is 1. The number of benzene rings is 3. The number of halogens is 1. The summed E-state index contributed by atoms with van der Waals surface area (Å²) in [5.41, 5.74) is 5.38. The number of aromatic nitrogens is 3. The molecule has 0 saturated carbocycles. The second-order valence-corrected chi connectivity index (χ2v) is 6.92. The standard InChI is InChI=1S/C22H17ClN4O2/c1-13-8-15(18-11-17(29-2)6-7-19(18)23)10-20-21(13)25-22(27-26-20)24-16-5-3-4-14(9-16)12-28/h3-12H,1-2H3,(H,24,25,27). The molecular formula is C22H17ClN4O2. The van der Waals surface area contributed by atoms with E-state index < -0.39 is 0 Å². The minimum atomic E-state index is 0.357. The number of ether oxygens (including phenoxy) is 1. The molecule has 1 aromatic heterocycles. The third-order valence-electron chi connectivity index (χ3n) is 4.51. The highest BCUT2D eigenvalue weighted by atomic mass is 35.5. The number of rotatable bonds is 5. The van der Waals surface area contributed by atoms with Gasteiger partial charge in [-0.15, -0.1) is 10.2 Å². The lowest BCUT2D eigenvalue weighted by Gasteiger charge is -2.11. The average Bonchev–Trinajstić information content (AvgIpc) is 2.74. The number of hydrogen-bond acceptors (Lipinski definition) is 6.